The van der Waals surface area contributed by atoms with Crippen molar-refractivity contribution in [2.75, 3.05) is 58.4 Å². The third-order valence-corrected chi connectivity index (χ3v) is 9.26. The monoisotopic (exact) mass is 725 g/mol. The average molecular weight is 726 g/mol. The van der Waals surface area contributed by atoms with Gasteiger partial charge in [-0.05, 0) is 29.8 Å². The minimum absolute atomic E-state index is 0.0678. The number of carbonyl (C=O) groups is 3. The number of ether oxygens (including phenoxy) is 3. The molecule has 6 rings (SSSR count). The van der Waals surface area contributed by atoms with Crippen LogP contribution in [0.25, 0.3) is 5.65 Å². The SMILES string of the molecule is COCC(C)(C)c1nnc2ccc(O[C@@H]3C=C[C@](C=O)(NC(=O)Nc4cc(C(C)(C)C)nc(C(=O)NCCN5CCOCC5)n4)c4ccccc43)cn12. The summed E-state index contributed by atoms with van der Waals surface area (Å²) in [5.74, 6) is 0.880. The summed E-state index contributed by atoms with van der Waals surface area (Å²) in [7, 11) is 1.65. The van der Waals surface area contributed by atoms with Crippen LogP contribution in [0.1, 0.15) is 74.0 Å². The molecule has 4 aromatic rings. The summed E-state index contributed by atoms with van der Waals surface area (Å²) in [6.07, 6.45) is 5.29. The molecule has 15 nitrogen and oxygen atoms in total. The Hall–Kier alpha value is -5.25. The largest absolute Gasteiger partial charge is 0.480 e. The van der Waals surface area contributed by atoms with Crippen LogP contribution in [0.15, 0.2) is 60.8 Å². The van der Waals surface area contributed by atoms with Gasteiger partial charge in [-0.25, -0.2) is 14.8 Å². The number of carbonyl (C=O) groups excluding carboxylic acids is 3. The first-order valence-corrected chi connectivity index (χ1v) is 17.6. The van der Waals surface area contributed by atoms with E-state index in [9.17, 15) is 14.4 Å². The number of rotatable bonds is 12. The quantitative estimate of drug-likeness (QED) is 0.144. The van der Waals surface area contributed by atoms with Gasteiger partial charge >= 0.3 is 6.03 Å². The van der Waals surface area contributed by atoms with Crippen molar-refractivity contribution < 1.29 is 28.6 Å². The molecule has 0 radical (unpaired) electrons. The zero-order valence-corrected chi connectivity index (χ0v) is 31.0. The molecule has 1 saturated heterocycles. The summed E-state index contributed by atoms with van der Waals surface area (Å²) in [5, 5.41) is 17.2. The molecular formula is C38H47N9O6. The first kappa shape index (κ1) is 37.5. The van der Waals surface area contributed by atoms with Crippen LogP contribution in [0, 0.1) is 0 Å². The van der Waals surface area contributed by atoms with Crippen LogP contribution in [0.5, 0.6) is 5.75 Å². The molecule has 280 valence electrons. The third kappa shape index (κ3) is 8.37. The lowest BCUT2D eigenvalue weighted by Gasteiger charge is -2.34. The maximum Gasteiger partial charge on any atom is 0.321 e. The fraction of sp³-hybridized carbons (Fsp3) is 0.447. The van der Waals surface area contributed by atoms with E-state index in [0.717, 1.165) is 18.9 Å². The lowest BCUT2D eigenvalue weighted by atomic mass is 9.81. The summed E-state index contributed by atoms with van der Waals surface area (Å²) in [5.41, 5.74) is 0.0906. The van der Waals surface area contributed by atoms with Gasteiger partial charge in [-0.1, -0.05) is 58.9 Å². The first-order valence-electron chi connectivity index (χ1n) is 17.6. The summed E-state index contributed by atoms with van der Waals surface area (Å²) in [6, 6.07) is 11.8. The number of aldehydes is 1. The minimum Gasteiger partial charge on any atom is -0.480 e. The van der Waals surface area contributed by atoms with Crippen molar-refractivity contribution in [1.29, 1.82) is 0 Å². The van der Waals surface area contributed by atoms with E-state index in [1.807, 2.05) is 69.5 Å². The van der Waals surface area contributed by atoms with Crippen molar-refractivity contribution in [2.24, 2.45) is 0 Å². The Labute approximate surface area is 308 Å². The molecule has 0 bridgehead atoms. The van der Waals surface area contributed by atoms with Gasteiger partial charge in [-0.3, -0.25) is 24.2 Å². The number of aromatic nitrogens is 5. The van der Waals surface area contributed by atoms with Gasteiger partial charge in [-0.2, -0.15) is 0 Å². The second-order valence-electron chi connectivity index (χ2n) is 14.9. The Morgan fingerprint density at radius 3 is 2.57 bits per heavy atom. The maximum absolute atomic E-state index is 13.6. The van der Waals surface area contributed by atoms with E-state index < -0.39 is 34.4 Å². The highest BCUT2D eigenvalue weighted by Crippen LogP contribution is 2.37. The van der Waals surface area contributed by atoms with Crippen molar-refractivity contribution in [3.05, 3.63) is 89.3 Å². The predicted molar refractivity (Wildman–Crippen MR) is 197 cm³/mol. The second kappa shape index (κ2) is 15.4. The molecule has 3 N–H and O–H groups in total. The molecule has 0 unspecified atom stereocenters. The molecule has 0 spiro atoms. The lowest BCUT2D eigenvalue weighted by molar-refractivity contribution is -0.111. The van der Waals surface area contributed by atoms with Gasteiger partial charge in [0.2, 0.25) is 5.82 Å². The van der Waals surface area contributed by atoms with E-state index in [4.69, 9.17) is 14.2 Å². The van der Waals surface area contributed by atoms with Crippen LogP contribution in [0.4, 0.5) is 10.6 Å². The van der Waals surface area contributed by atoms with E-state index in [1.54, 1.807) is 37.5 Å². The van der Waals surface area contributed by atoms with Gasteiger partial charge in [0.05, 0.1) is 31.7 Å². The number of morpholine rings is 1. The van der Waals surface area contributed by atoms with Gasteiger partial charge in [-0.15, -0.1) is 10.2 Å². The smallest absolute Gasteiger partial charge is 0.321 e. The normalized spacial score (nSPS) is 19.0. The van der Waals surface area contributed by atoms with Gasteiger partial charge in [0, 0.05) is 55.7 Å². The fourth-order valence-corrected chi connectivity index (χ4v) is 6.44. The number of nitrogens with zero attached hydrogens (tertiary/aromatic N) is 6. The van der Waals surface area contributed by atoms with E-state index in [1.165, 1.54) is 0 Å². The van der Waals surface area contributed by atoms with E-state index >= 15 is 0 Å². The molecule has 4 heterocycles. The summed E-state index contributed by atoms with van der Waals surface area (Å²) >= 11 is 0. The predicted octanol–water partition coefficient (Wildman–Crippen LogP) is 3.71. The van der Waals surface area contributed by atoms with E-state index in [2.05, 4.69) is 41.0 Å². The number of amides is 3. The second-order valence-corrected chi connectivity index (χ2v) is 14.9. The number of hydrogen-bond donors (Lipinski definition) is 3. The maximum atomic E-state index is 13.6. The summed E-state index contributed by atoms with van der Waals surface area (Å²) in [4.78, 5) is 50.8. The highest BCUT2D eigenvalue weighted by atomic mass is 16.5. The van der Waals surface area contributed by atoms with Gasteiger partial charge in [0.1, 0.15) is 29.0 Å². The van der Waals surface area contributed by atoms with Crippen molar-refractivity contribution in [1.82, 2.24) is 40.1 Å². The van der Waals surface area contributed by atoms with Gasteiger partial charge in [0.15, 0.2) is 11.9 Å². The minimum atomic E-state index is -1.52. The van der Waals surface area contributed by atoms with Crippen LogP contribution in [0.3, 0.4) is 0 Å². The zero-order valence-electron chi connectivity index (χ0n) is 31.0. The Morgan fingerprint density at radius 2 is 1.83 bits per heavy atom. The molecule has 3 amide bonds. The van der Waals surface area contributed by atoms with Crippen molar-refractivity contribution in [3.63, 3.8) is 0 Å². The molecule has 1 fully saturated rings. The Bertz CT molecular complexity index is 2000. The van der Waals surface area contributed by atoms with Crippen molar-refractivity contribution in [3.8, 4) is 5.75 Å². The number of anilines is 1. The Morgan fingerprint density at radius 1 is 1.06 bits per heavy atom. The molecular weight excluding hydrogens is 678 g/mol. The summed E-state index contributed by atoms with van der Waals surface area (Å²) in [6.45, 7) is 14.4. The molecule has 53 heavy (non-hydrogen) atoms. The lowest BCUT2D eigenvalue weighted by Crippen LogP contribution is -2.49. The van der Waals surface area contributed by atoms with Gasteiger partial charge < -0.3 is 24.8 Å². The highest BCUT2D eigenvalue weighted by molar-refractivity contribution is 5.94. The topological polar surface area (TPSA) is 174 Å². The number of nitrogens with one attached hydrogen (secondary N) is 3. The fourth-order valence-electron chi connectivity index (χ4n) is 6.44. The van der Waals surface area contributed by atoms with Gasteiger partial charge in [0.25, 0.3) is 5.91 Å². The molecule has 1 aromatic carbocycles. The number of hydrogen-bond acceptors (Lipinski definition) is 11. The molecule has 15 heteroatoms. The Balaban J connectivity index is 1.20. The van der Waals surface area contributed by atoms with Crippen LogP contribution >= 0.6 is 0 Å². The number of fused-ring (bicyclic) bond motifs is 2. The molecule has 2 aliphatic rings. The van der Waals surface area contributed by atoms with Crippen LogP contribution in [-0.4, -0.2) is 101 Å². The third-order valence-electron chi connectivity index (χ3n) is 9.26. The highest BCUT2D eigenvalue weighted by Gasteiger charge is 2.39. The van der Waals surface area contributed by atoms with Crippen LogP contribution < -0.4 is 20.7 Å². The standard InChI is InChI=1S/C38H47N9O6/c1-36(2,3)29-21-30(41-32(40-29)33(49)39-15-16-46-17-19-52-20-18-46)42-35(50)43-38(23-48)14-13-28(26-9-7-8-10-27(26)38)53-25-11-12-31-44-45-34(47(31)22-25)37(4,5)24-51-6/h7-14,21-23,28H,15-20,24H2,1-6H3,(H,39,49)(H2,40,41,42,43,50)/t28-,38-/m1/s1. The van der Waals surface area contributed by atoms with Crippen molar-refractivity contribution >= 4 is 29.7 Å². The average Bonchev–Trinajstić information content (AvgIpc) is 3.57. The molecule has 1 aliphatic heterocycles. The van der Waals surface area contributed by atoms with E-state index in [0.29, 0.717) is 67.4 Å². The molecule has 2 atom stereocenters. The number of methoxy groups -OCH3 is 1. The number of pyridine rings is 1. The summed E-state index contributed by atoms with van der Waals surface area (Å²) < 4.78 is 19.2. The number of benzene rings is 1. The molecule has 3 aromatic heterocycles. The Kier molecular flexibility index (Phi) is 10.9. The van der Waals surface area contributed by atoms with Crippen molar-refractivity contribution in [2.45, 2.75) is 57.1 Å². The van der Waals surface area contributed by atoms with E-state index in [-0.39, 0.29) is 11.6 Å². The van der Waals surface area contributed by atoms with Crippen LogP contribution in [-0.2, 0) is 30.6 Å². The molecule has 1 aliphatic carbocycles. The number of urea groups is 1. The van der Waals surface area contributed by atoms with Crippen LogP contribution in [0.2, 0.25) is 0 Å². The first-order chi connectivity index (χ1) is 25.3. The molecule has 0 saturated carbocycles. The zero-order chi connectivity index (χ0) is 37.8.